The minimum atomic E-state index is -0.181. The van der Waals surface area contributed by atoms with Crippen molar-refractivity contribution in [1.82, 2.24) is 15.2 Å². The number of carbonyl (C=O) groups excluding carboxylic acids is 2. The number of hydrogen-bond donors (Lipinski definition) is 1. The summed E-state index contributed by atoms with van der Waals surface area (Å²) in [7, 11) is 0. The molecule has 26 heavy (non-hydrogen) atoms. The number of aromatic nitrogens is 1. The molecular weight excluding hydrogens is 326 g/mol. The molecule has 2 amide bonds. The van der Waals surface area contributed by atoms with E-state index >= 15 is 0 Å². The highest BCUT2D eigenvalue weighted by molar-refractivity contribution is 5.94. The number of piperidine rings is 1. The zero-order valence-electron chi connectivity index (χ0n) is 14.9. The number of amides is 2. The van der Waals surface area contributed by atoms with Gasteiger partial charge in [0.2, 0.25) is 5.91 Å². The third kappa shape index (κ3) is 3.09. The fourth-order valence-electron chi connectivity index (χ4n) is 4.08. The maximum absolute atomic E-state index is 12.7. The Balaban J connectivity index is 1.43. The number of nitrogens with one attached hydrogen (secondary N) is 1. The van der Waals surface area contributed by atoms with Gasteiger partial charge >= 0.3 is 0 Å². The first-order chi connectivity index (χ1) is 12.6. The summed E-state index contributed by atoms with van der Waals surface area (Å²) >= 11 is 0. The molecule has 1 spiro atoms. The van der Waals surface area contributed by atoms with Crippen molar-refractivity contribution in [2.24, 2.45) is 0 Å². The molecule has 3 heterocycles. The second-order valence-corrected chi connectivity index (χ2v) is 7.42. The number of carbonyl (C=O) groups is 2. The van der Waals surface area contributed by atoms with E-state index < -0.39 is 0 Å². The van der Waals surface area contributed by atoms with Crippen LogP contribution >= 0.6 is 0 Å². The topological polar surface area (TPSA) is 62.3 Å². The molecule has 0 radical (unpaired) electrons. The van der Waals surface area contributed by atoms with Crippen LogP contribution in [-0.4, -0.2) is 40.3 Å². The second kappa shape index (κ2) is 6.56. The van der Waals surface area contributed by atoms with Crippen LogP contribution in [0.2, 0.25) is 0 Å². The fraction of sp³-hybridized carbons (Fsp3) is 0.381. The van der Waals surface area contributed by atoms with Gasteiger partial charge in [0.25, 0.3) is 5.91 Å². The summed E-state index contributed by atoms with van der Waals surface area (Å²) in [5, 5.41) is 3.24. The minimum Gasteiger partial charge on any atom is -0.350 e. The lowest BCUT2D eigenvalue weighted by Crippen LogP contribution is -2.52. The number of rotatable bonds is 2. The Hall–Kier alpha value is -2.69. The molecule has 2 fully saturated rings. The van der Waals surface area contributed by atoms with Crippen LogP contribution in [0.3, 0.4) is 0 Å². The maximum atomic E-state index is 12.7. The molecule has 1 aromatic carbocycles. The van der Waals surface area contributed by atoms with E-state index in [1.54, 1.807) is 6.20 Å². The van der Waals surface area contributed by atoms with Gasteiger partial charge in [-0.05, 0) is 43.9 Å². The predicted molar refractivity (Wildman–Crippen MR) is 98.8 cm³/mol. The van der Waals surface area contributed by atoms with Crippen molar-refractivity contribution in [3.63, 3.8) is 0 Å². The molecule has 1 N–H and O–H groups in total. The molecule has 0 aliphatic carbocycles. The van der Waals surface area contributed by atoms with Gasteiger partial charge in [0.1, 0.15) is 0 Å². The molecule has 0 saturated carbocycles. The van der Waals surface area contributed by atoms with Crippen LogP contribution < -0.4 is 5.32 Å². The van der Waals surface area contributed by atoms with Crippen LogP contribution in [0.5, 0.6) is 0 Å². The van der Waals surface area contributed by atoms with Crippen molar-refractivity contribution in [2.45, 2.75) is 37.6 Å². The number of nitrogens with zero attached hydrogens (tertiary/aromatic N) is 2. The quantitative estimate of drug-likeness (QED) is 0.907. The van der Waals surface area contributed by atoms with Gasteiger partial charge in [-0.3, -0.25) is 14.6 Å². The summed E-state index contributed by atoms with van der Waals surface area (Å²) in [5.74, 6) is 0.0507. The predicted octanol–water partition coefficient (Wildman–Crippen LogP) is 2.67. The Kier molecular flexibility index (Phi) is 4.23. The molecule has 0 bridgehead atoms. The Morgan fingerprint density at radius 1 is 1.15 bits per heavy atom. The molecule has 2 aliphatic heterocycles. The Morgan fingerprint density at radius 3 is 2.54 bits per heavy atom. The second-order valence-electron chi connectivity index (χ2n) is 7.42. The van der Waals surface area contributed by atoms with Crippen molar-refractivity contribution < 1.29 is 9.59 Å². The number of pyridine rings is 1. The summed E-state index contributed by atoms with van der Waals surface area (Å²) in [6, 6.07) is 13.7. The largest absolute Gasteiger partial charge is 0.350 e. The maximum Gasteiger partial charge on any atom is 0.255 e. The van der Waals surface area contributed by atoms with Crippen molar-refractivity contribution in [1.29, 1.82) is 0 Å². The number of hydrogen-bond acceptors (Lipinski definition) is 3. The van der Waals surface area contributed by atoms with E-state index in [0.717, 1.165) is 30.5 Å². The van der Waals surface area contributed by atoms with Gasteiger partial charge in [0.05, 0.1) is 11.5 Å². The first kappa shape index (κ1) is 16.8. The number of likely N-dealkylation sites (tertiary alicyclic amines) is 1. The fourth-order valence-corrected chi connectivity index (χ4v) is 4.08. The Bertz CT molecular complexity index is 809. The average Bonchev–Trinajstić information content (AvgIpc) is 2.99. The van der Waals surface area contributed by atoms with Crippen LogP contribution in [0.4, 0.5) is 0 Å². The van der Waals surface area contributed by atoms with Crippen LogP contribution in [-0.2, 0) is 4.79 Å². The molecule has 4 rings (SSSR count). The van der Waals surface area contributed by atoms with Gasteiger partial charge in [-0.2, -0.15) is 0 Å². The van der Waals surface area contributed by atoms with E-state index in [9.17, 15) is 9.59 Å². The van der Waals surface area contributed by atoms with Crippen molar-refractivity contribution in [2.75, 3.05) is 13.1 Å². The smallest absolute Gasteiger partial charge is 0.255 e. The molecule has 5 heteroatoms. The number of aryl methyl sites for hydroxylation is 1. The molecular formula is C21H23N3O2. The van der Waals surface area contributed by atoms with Gasteiger partial charge in [-0.25, -0.2) is 0 Å². The molecule has 1 atom stereocenters. The SMILES string of the molecule is Cc1ccc(C(=O)N2CCC3(CC2)CC(c2ccccc2)C(=O)N3)cn1. The van der Waals surface area contributed by atoms with Crippen molar-refractivity contribution in [3.05, 3.63) is 65.5 Å². The van der Waals surface area contributed by atoms with Gasteiger partial charge in [0.15, 0.2) is 0 Å². The molecule has 5 nitrogen and oxygen atoms in total. The van der Waals surface area contributed by atoms with E-state index in [2.05, 4.69) is 10.3 Å². The first-order valence-corrected chi connectivity index (χ1v) is 9.15. The van der Waals surface area contributed by atoms with Crippen molar-refractivity contribution in [3.8, 4) is 0 Å². The van der Waals surface area contributed by atoms with Crippen LogP contribution in [0.25, 0.3) is 0 Å². The Morgan fingerprint density at radius 2 is 1.88 bits per heavy atom. The lowest BCUT2D eigenvalue weighted by Gasteiger charge is -2.39. The highest BCUT2D eigenvalue weighted by Crippen LogP contribution is 2.39. The summed E-state index contributed by atoms with van der Waals surface area (Å²) in [4.78, 5) is 31.3. The molecule has 1 aromatic heterocycles. The van der Waals surface area contributed by atoms with E-state index in [4.69, 9.17) is 0 Å². The Labute approximate surface area is 153 Å². The first-order valence-electron chi connectivity index (χ1n) is 9.15. The average molecular weight is 349 g/mol. The third-order valence-corrected chi connectivity index (χ3v) is 5.67. The van der Waals surface area contributed by atoms with Crippen LogP contribution in [0, 0.1) is 6.92 Å². The molecule has 2 saturated heterocycles. The summed E-state index contributed by atoms with van der Waals surface area (Å²) < 4.78 is 0. The molecule has 2 aromatic rings. The van der Waals surface area contributed by atoms with Crippen LogP contribution in [0.15, 0.2) is 48.7 Å². The zero-order valence-corrected chi connectivity index (χ0v) is 14.9. The summed E-state index contributed by atoms with van der Waals surface area (Å²) in [5.41, 5.74) is 2.43. The van der Waals surface area contributed by atoms with Gasteiger partial charge in [-0.15, -0.1) is 0 Å². The lowest BCUT2D eigenvalue weighted by atomic mass is 9.82. The zero-order chi connectivity index (χ0) is 18.1. The number of benzene rings is 1. The normalized spacial score (nSPS) is 21.7. The van der Waals surface area contributed by atoms with Crippen molar-refractivity contribution >= 4 is 11.8 Å². The van der Waals surface area contributed by atoms with Crippen LogP contribution in [0.1, 0.15) is 46.8 Å². The molecule has 2 aliphatic rings. The van der Waals surface area contributed by atoms with Gasteiger partial charge < -0.3 is 10.2 Å². The highest BCUT2D eigenvalue weighted by atomic mass is 16.2. The van der Waals surface area contributed by atoms with E-state index in [1.165, 1.54) is 0 Å². The van der Waals surface area contributed by atoms with Gasteiger partial charge in [-0.1, -0.05) is 30.3 Å². The third-order valence-electron chi connectivity index (χ3n) is 5.67. The van der Waals surface area contributed by atoms with Gasteiger partial charge in [0, 0.05) is 30.5 Å². The van der Waals surface area contributed by atoms with E-state index in [0.29, 0.717) is 18.7 Å². The van der Waals surface area contributed by atoms with E-state index in [-0.39, 0.29) is 23.3 Å². The highest BCUT2D eigenvalue weighted by Gasteiger charge is 2.46. The standard InChI is InChI=1S/C21H23N3O2/c1-15-7-8-17(14-22-15)20(26)24-11-9-21(10-12-24)13-18(19(25)23-21)16-5-3-2-4-6-16/h2-8,14,18H,9-13H2,1H3,(H,23,25). The lowest BCUT2D eigenvalue weighted by molar-refractivity contribution is -0.121. The van der Waals surface area contributed by atoms with E-state index in [1.807, 2.05) is 54.3 Å². The summed E-state index contributed by atoms with van der Waals surface area (Å²) in [6.45, 7) is 3.23. The molecule has 1 unspecified atom stereocenters. The summed E-state index contributed by atoms with van der Waals surface area (Å²) in [6.07, 6.45) is 4.05. The molecule has 134 valence electrons. The minimum absolute atomic E-state index is 0.0243. The monoisotopic (exact) mass is 349 g/mol.